The summed E-state index contributed by atoms with van der Waals surface area (Å²) >= 11 is 1.54. The number of hydrazone groups is 1. The van der Waals surface area contributed by atoms with E-state index in [0.717, 1.165) is 10.4 Å². The molecule has 0 aliphatic heterocycles. The summed E-state index contributed by atoms with van der Waals surface area (Å²) in [6, 6.07) is 9.29. The first-order valence-corrected chi connectivity index (χ1v) is 7.18. The molecule has 0 radical (unpaired) electrons. The third-order valence-corrected chi connectivity index (χ3v) is 3.62. The molecular weight excluding hydrogens is 288 g/mol. The van der Waals surface area contributed by atoms with Gasteiger partial charge < -0.3 is 9.47 Å². The molecule has 0 spiro atoms. The number of ether oxygens (including phenoxy) is 2. The Hall–Kier alpha value is -2.34. The van der Waals surface area contributed by atoms with Crippen LogP contribution in [0.1, 0.15) is 10.4 Å². The minimum atomic E-state index is -0.157. The van der Waals surface area contributed by atoms with Crippen LogP contribution in [-0.4, -0.2) is 26.3 Å². The van der Waals surface area contributed by atoms with Crippen LogP contribution in [0.2, 0.25) is 0 Å². The predicted octanol–water partition coefficient (Wildman–Crippen LogP) is 2.46. The Balaban J connectivity index is 1.99. The first-order valence-electron chi connectivity index (χ1n) is 6.30. The maximum Gasteiger partial charge on any atom is 0.245 e. The third-order valence-electron chi connectivity index (χ3n) is 2.74. The van der Waals surface area contributed by atoms with Crippen LogP contribution in [0.15, 0.2) is 40.8 Å². The van der Waals surface area contributed by atoms with Crippen molar-refractivity contribution in [3.8, 4) is 11.5 Å². The van der Waals surface area contributed by atoms with Crippen molar-refractivity contribution in [3.63, 3.8) is 0 Å². The van der Waals surface area contributed by atoms with E-state index in [-0.39, 0.29) is 5.91 Å². The minimum absolute atomic E-state index is 0.157. The number of carbonyl (C=O) groups excluding carboxylic acids is 1. The van der Waals surface area contributed by atoms with Gasteiger partial charge in [-0.25, -0.2) is 5.43 Å². The molecule has 0 saturated carbocycles. The highest BCUT2D eigenvalue weighted by Crippen LogP contribution is 2.29. The van der Waals surface area contributed by atoms with Crippen LogP contribution in [0.5, 0.6) is 11.5 Å². The summed E-state index contributed by atoms with van der Waals surface area (Å²) in [7, 11) is 3.13. The van der Waals surface area contributed by atoms with Crippen molar-refractivity contribution >= 4 is 23.5 Å². The van der Waals surface area contributed by atoms with Crippen LogP contribution in [0.25, 0.3) is 0 Å². The number of carbonyl (C=O) groups is 1. The number of para-hydroxylation sites is 1. The number of nitrogens with zero attached hydrogens (tertiary/aromatic N) is 1. The van der Waals surface area contributed by atoms with E-state index in [4.69, 9.17) is 9.47 Å². The Labute approximate surface area is 127 Å². The molecule has 0 fully saturated rings. The van der Waals surface area contributed by atoms with Crippen molar-refractivity contribution in [1.82, 2.24) is 5.43 Å². The maximum absolute atomic E-state index is 11.7. The Bertz CT molecular complexity index is 624. The lowest BCUT2D eigenvalue weighted by Crippen LogP contribution is -2.19. The number of amides is 1. The van der Waals surface area contributed by atoms with Crippen molar-refractivity contribution in [2.75, 3.05) is 14.2 Å². The monoisotopic (exact) mass is 304 g/mol. The number of hydrogen-bond donors (Lipinski definition) is 1. The van der Waals surface area contributed by atoms with Gasteiger partial charge in [0.15, 0.2) is 11.5 Å². The topological polar surface area (TPSA) is 59.9 Å². The Kier molecular flexibility index (Phi) is 5.34. The van der Waals surface area contributed by atoms with E-state index in [9.17, 15) is 4.79 Å². The quantitative estimate of drug-likeness (QED) is 0.659. The smallest absolute Gasteiger partial charge is 0.245 e. The van der Waals surface area contributed by atoms with E-state index < -0.39 is 0 Å². The third kappa shape index (κ3) is 4.06. The molecule has 0 aliphatic carbocycles. The van der Waals surface area contributed by atoms with Gasteiger partial charge in [-0.05, 0) is 23.6 Å². The molecule has 0 bridgehead atoms. The van der Waals surface area contributed by atoms with Gasteiger partial charge in [-0.3, -0.25) is 4.79 Å². The zero-order valence-corrected chi connectivity index (χ0v) is 12.6. The second-order valence-corrected chi connectivity index (χ2v) is 5.16. The number of nitrogens with one attached hydrogen (secondary N) is 1. The summed E-state index contributed by atoms with van der Waals surface area (Å²) in [5, 5.41) is 5.89. The molecule has 0 unspecified atom stereocenters. The highest BCUT2D eigenvalue weighted by Gasteiger charge is 2.07. The van der Waals surface area contributed by atoms with Gasteiger partial charge in [-0.15, -0.1) is 11.3 Å². The van der Waals surface area contributed by atoms with Crippen molar-refractivity contribution in [3.05, 3.63) is 46.2 Å². The molecular formula is C15H16N2O3S. The average molecular weight is 304 g/mol. The molecule has 2 rings (SSSR count). The van der Waals surface area contributed by atoms with Crippen molar-refractivity contribution in [2.45, 2.75) is 6.42 Å². The molecule has 5 nitrogen and oxygen atoms in total. The second kappa shape index (κ2) is 7.44. The Morgan fingerprint density at radius 3 is 2.81 bits per heavy atom. The molecule has 1 aromatic heterocycles. The molecule has 0 aliphatic rings. The van der Waals surface area contributed by atoms with Gasteiger partial charge in [-0.1, -0.05) is 12.1 Å². The lowest BCUT2D eigenvalue weighted by Gasteiger charge is -2.09. The van der Waals surface area contributed by atoms with E-state index in [1.165, 1.54) is 6.21 Å². The van der Waals surface area contributed by atoms with Gasteiger partial charge in [0.2, 0.25) is 5.91 Å². The van der Waals surface area contributed by atoms with Crippen LogP contribution in [0.3, 0.4) is 0 Å². The molecule has 110 valence electrons. The second-order valence-electron chi connectivity index (χ2n) is 4.13. The van der Waals surface area contributed by atoms with Gasteiger partial charge in [0.05, 0.1) is 26.9 Å². The van der Waals surface area contributed by atoms with Gasteiger partial charge >= 0.3 is 0 Å². The molecule has 1 heterocycles. The molecule has 1 N–H and O–H groups in total. The summed E-state index contributed by atoms with van der Waals surface area (Å²) in [4.78, 5) is 12.7. The number of benzene rings is 1. The van der Waals surface area contributed by atoms with Gasteiger partial charge in [-0.2, -0.15) is 5.10 Å². The summed E-state index contributed by atoms with van der Waals surface area (Å²) in [5.74, 6) is 1.04. The fourth-order valence-corrected chi connectivity index (χ4v) is 2.50. The molecule has 2 aromatic rings. The van der Waals surface area contributed by atoms with Gasteiger partial charge in [0.1, 0.15) is 0 Å². The zero-order chi connectivity index (χ0) is 15.1. The molecule has 1 amide bonds. The first-order chi connectivity index (χ1) is 10.2. The van der Waals surface area contributed by atoms with E-state index >= 15 is 0 Å². The minimum Gasteiger partial charge on any atom is -0.493 e. The lowest BCUT2D eigenvalue weighted by atomic mass is 10.2. The summed E-state index contributed by atoms with van der Waals surface area (Å²) in [5.41, 5.74) is 3.23. The van der Waals surface area contributed by atoms with E-state index in [2.05, 4.69) is 10.5 Å². The van der Waals surface area contributed by atoms with E-state index in [1.807, 2.05) is 29.6 Å². The van der Waals surface area contributed by atoms with Crippen LogP contribution in [-0.2, 0) is 11.2 Å². The SMILES string of the molecule is COc1cccc(/C=N\NC(=O)Cc2cccs2)c1OC. The summed E-state index contributed by atoms with van der Waals surface area (Å²) in [6.07, 6.45) is 1.86. The van der Waals surface area contributed by atoms with E-state index in [0.29, 0.717) is 17.9 Å². The van der Waals surface area contributed by atoms with Crippen molar-refractivity contribution < 1.29 is 14.3 Å². The molecule has 1 aromatic carbocycles. The molecule has 21 heavy (non-hydrogen) atoms. The Morgan fingerprint density at radius 1 is 1.29 bits per heavy atom. The number of hydrogen-bond acceptors (Lipinski definition) is 5. The van der Waals surface area contributed by atoms with E-state index in [1.54, 1.807) is 31.6 Å². The number of thiophene rings is 1. The molecule has 0 atom stereocenters. The fraction of sp³-hybridized carbons (Fsp3) is 0.200. The average Bonchev–Trinajstić information content (AvgIpc) is 2.99. The summed E-state index contributed by atoms with van der Waals surface area (Å²) in [6.45, 7) is 0. The highest BCUT2D eigenvalue weighted by atomic mass is 32.1. The van der Waals surface area contributed by atoms with Crippen molar-refractivity contribution in [2.24, 2.45) is 5.10 Å². The van der Waals surface area contributed by atoms with Crippen LogP contribution in [0, 0.1) is 0 Å². The lowest BCUT2D eigenvalue weighted by molar-refractivity contribution is -0.120. The largest absolute Gasteiger partial charge is 0.493 e. The highest BCUT2D eigenvalue weighted by molar-refractivity contribution is 7.10. The summed E-state index contributed by atoms with van der Waals surface area (Å²) < 4.78 is 10.5. The Morgan fingerprint density at radius 2 is 2.14 bits per heavy atom. The fourth-order valence-electron chi connectivity index (χ4n) is 1.80. The standard InChI is InChI=1S/C15H16N2O3S/c1-19-13-7-3-5-11(15(13)20-2)10-16-17-14(18)9-12-6-4-8-21-12/h3-8,10H,9H2,1-2H3,(H,17,18)/b16-10-. The molecule has 6 heteroatoms. The van der Waals surface area contributed by atoms with Gasteiger partial charge in [0.25, 0.3) is 0 Å². The van der Waals surface area contributed by atoms with Crippen LogP contribution in [0.4, 0.5) is 0 Å². The van der Waals surface area contributed by atoms with Crippen molar-refractivity contribution in [1.29, 1.82) is 0 Å². The number of methoxy groups -OCH3 is 2. The zero-order valence-electron chi connectivity index (χ0n) is 11.8. The maximum atomic E-state index is 11.7. The normalized spacial score (nSPS) is 10.6. The number of rotatable bonds is 6. The van der Waals surface area contributed by atoms with Crippen LogP contribution < -0.4 is 14.9 Å². The van der Waals surface area contributed by atoms with Gasteiger partial charge in [0, 0.05) is 10.4 Å². The first kappa shape index (κ1) is 15.1. The molecule has 0 saturated heterocycles. The predicted molar refractivity (Wildman–Crippen MR) is 83.3 cm³/mol. The van der Waals surface area contributed by atoms with Crippen LogP contribution >= 0.6 is 11.3 Å².